The first kappa shape index (κ1) is 23.0. The lowest BCUT2D eigenvalue weighted by atomic mass is 9.74. The van der Waals surface area contributed by atoms with Gasteiger partial charge in [0.1, 0.15) is 5.75 Å². The maximum absolute atomic E-state index is 13.4. The summed E-state index contributed by atoms with van der Waals surface area (Å²) in [5.74, 6) is 0.736. The Hall–Kier alpha value is -2.19. The van der Waals surface area contributed by atoms with E-state index in [-0.39, 0.29) is 29.5 Å². The van der Waals surface area contributed by atoms with Gasteiger partial charge in [0.15, 0.2) is 0 Å². The van der Waals surface area contributed by atoms with Crippen LogP contribution in [0.1, 0.15) is 36.8 Å². The van der Waals surface area contributed by atoms with Crippen LogP contribution in [0.25, 0.3) is 6.08 Å². The number of aliphatic hydroxyl groups is 1. The maximum atomic E-state index is 13.4. The highest BCUT2D eigenvalue weighted by molar-refractivity contribution is 7.89. The fourth-order valence-electron chi connectivity index (χ4n) is 5.05. The van der Waals surface area contributed by atoms with Crippen LogP contribution in [-0.4, -0.2) is 68.2 Å². The van der Waals surface area contributed by atoms with Gasteiger partial charge >= 0.3 is 0 Å². The van der Waals surface area contributed by atoms with Crippen molar-refractivity contribution in [3.8, 4) is 5.75 Å². The van der Waals surface area contributed by atoms with Gasteiger partial charge in [-0.15, -0.1) is 0 Å². The Morgan fingerprint density at radius 1 is 1.06 bits per heavy atom. The average molecular weight is 457 g/mol. The number of allylic oxidation sites excluding steroid dienone is 1. The van der Waals surface area contributed by atoms with E-state index in [1.807, 2.05) is 13.0 Å². The summed E-state index contributed by atoms with van der Waals surface area (Å²) in [6, 6.07) is 15.1. The van der Waals surface area contributed by atoms with E-state index < -0.39 is 10.0 Å². The van der Waals surface area contributed by atoms with Crippen LogP contribution in [0.4, 0.5) is 0 Å². The third kappa shape index (κ3) is 4.35. The molecule has 2 aromatic carbocycles. The summed E-state index contributed by atoms with van der Waals surface area (Å²) >= 11 is 0. The van der Waals surface area contributed by atoms with Gasteiger partial charge in [-0.25, -0.2) is 8.42 Å². The second-order valence-corrected chi connectivity index (χ2v) is 10.4. The number of aliphatic hydroxyl groups excluding tert-OH is 1. The van der Waals surface area contributed by atoms with Gasteiger partial charge < -0.3 is 9.84 Å². The lowest BCUT2D eigenvalue weighted by molar-refractivity contribution is -0.0553. The van der Waals surface area contributed by atoms with Gasteiger partial charge in [-0.05, 0) is 61.7 Å². The molecule has 3 atom stereocenters. The zero-order valence-electron chi connectivity index (χ0n) is 18.7. The summed E-state index contributed by atoms with van der Waals surface area (Å²) in [5, 5.41) is 10.1. The number of methoxy groups -OCH3 is 1. The molecule has 2 aromatic rings. The highest BCUT2D eigenvalue weighted by atomic mass is 32.2. The molecule has 2 aliphatic heterocycles. The smallest absolute Gasteiger partial charge is 0.243 e. The first-order chi connectivity index (χ1) is 15.5. The molecule has 0 aromatic heterocycles. The molecule has 2 aliphatic rings. The Bertz CT molecular complexity index is 1030. The summed E-state index contributed by atoms with van der Waals surface area (Å²) in [6.45, 7) is 3.88. The molecule has 172 valence electrons. The average Bonchev–Trinajstić information content (AvgIpc) is 2.79. The van der Waals surface area contributed by atoms with Gasteiger partial charge in [-0.3, -0.25) is 4.90 Å². The SMILES string of the molecule is C/C=C/c1ccc([C@@H]2[C@@H](CO)N3CCCCN(S(=O)(=O)c4ccc(OC)cc4)C[C@@H]23)cc1. The standard InChI is InChI=1S/C25H32N2O4S/c1-3-6-19-7-9-20(10-8-19)25-23-17-26(15-4-5-16-27(23)24(25)18-28)32(29,30)22-13-11-21(31-2)12-14-22/h3,6-14,23-25,28H,4-5,15-18H2,1-2H3/b6-3+/t23-,24+,25-/m0/s1. The fraction of sp³-hybridized carbons (Fsp3) is 0.440. The fourth-order valence-corrected chi connectivity index (χ4v) is 6.54. The van der Waals surface area contributed by atoms with Crippen molar-refractivity contribution in [1.29, 1.82) is 0 Å². The second kappa shape index (κ2) is 9.75. The van der Waals surface area contributed by atoms with E-state index in [0.717, 1.165) is 30.5 Å². The number of ether oxygens (including phenoxy) is 1. The van der Waals surface area contributed by atoms with Crippen molar-refractivity contribution >= 4 is 16.1 Å². The van der Waals surface area contributed by atoms with Crippen molar-refractivity contribution in [2.75, 3.05) is 33.4 Å². The topological polar surface area (TPSA) is 70.1 Å². The van der Waals surface area contributed by atoms with Crippen molar-refractivity contribution in [2.45, 2.75) is 42.7 Å². The van der Waals surface area contributed by atoms with Crippen LogP contribution in [0.3, 0.4) is 0 Å². The van der Waals surface area contributed by atoms with Crippen LogP contribution < -0.4 is 4.74 Å². The lowest BCUT2D eigenvalue weighted by Gasteiger charge is -2.57. The molecule has 4 rings (SSSR count). The number of hydrogen-bond donors (Lipinski definition) is 1. The number of benzene rings is 2. The summed E-state index contributed by atoms with van der Waals surface area (Å²) in [6.07, 6.45) is 5.78. The summed E-state index contributed by atoms with van der Waals surface area (Å²) in [4.78, 5) is 2.58. The van der Waals surface area contributed by atoms with Crippen molar-refractivity contribution in [2.24, 2.45) is 0 Å². The first-order valence-electron chi connectivity index (χ1n) is 11.2. The normalized spacial score (nSPS) is 25.0. The number of fused-ring (bicyclic) bond motifs is 1. The largest absolute Gasteiger partial charge is 0.497 e. The number of nitrogens with zero attached hydrogens (tertiary/aromatic N) is 2. The van der Waals surface area contributed by atoms with Gasteiger partial charge in [-0.1, -0.05) is 36.4 Å². The molecule has 7 heteroatoms. The molecule has 6 nitrogen and oxygen atoms in total. The van der Waals surface area contributed by atoms with Crippen LogP contribution in [0.15, 0.2) is 59.5 Å². The Balaban J connectivity index is 1.61. The van der Waals surface area contributed by atoms with Crippen LogP contribution in [-0.2, 0) is 10.0 Å². The summed E-state index contributed by atoms with van der Waals surface area (Å²) < 4.78 is 33.7. The number of sulfonamides is 1. The Morgan fingerprint density at radius 2 is 1.75 bits per heavy atom. The Morgan fingerprint density at radius 3 is 2.38 bits per heavy atom. The van der Waals surface area contributed by atoms with E-state index in [1.54, 1.807) is 35.7 Å². The van der Waals surface area contributed by atoms with E-state index in [9.17, 15) is 13.5 Å². The maximum Gasteiger partial charge on any atom is 0.243 e. The molecule has 0 radical (unpaired) electrons. The first-order valence-corrected chi connectivity index (χ1v) is 12.7. The molecule has 2 fully saturated rings. The van der Waals surface area contributed by atoms with E-state index in [1.165, 1.54) is 0 Å². The van der Waals surface area contributed by atoms with Crippen LogP contribution in [0.5, 0.6) is 5.75 Å². The Labute approximate surface area is 191 Å². The molecule has 0 amide bonds. The molecular weight excluding hydrogens is 424 g/mol. The number of rotatable bonds is 6. The number of hydrogen-bond acceptors (Lipinski definition) is 5. The van der Waals surface area contributed by atoms with Crippen LogP contribution in [0, 0.1) is 0 Å². The molecule has 2 saturated heterocycles. The molecule has 0 bridgehead atoms. The molecule has 32 heavy (non-hydrogen) atoms. The zero-order chi connectivity index (χ0) is 22.7. The molecule has 1 N–H and O–H groups in total. The summed E-state index contributed by atoms with van der Waals surface area (Å²) in [7, 11) is -2.05. The van der Waals surface area contributed by atoms with Crippen LogP contribution >= 0.6 is 0 Å². The quantitative estimate of drug-likeness (QED) is 0.722. The van der Waals surface area contributed by atoms with E-state index in [4.69, 9.17) is 4.74 Å². The zero-order valence-corrected chi connectivity index (χ0v) is 19.5. The predicted octanol–water partition coefficient (Wildman–Crippen LogP) is 3.34. The molecule has 0 saturated carbocycles. The van der Waals surface area contributed by atoms with E-state index in [0.29, 0.717) is 18.8 Å². The van der Waals surface area contributed by atoms with Gasteiger partial charge in [0.2, 0.25) is 10.0 Å². The molecule has 0 spiro atoms. The minimum Gasteiger partial charge on any atom is -0.497 e. The van der Waals surface area contributed by atoms with Gasteiger partial charge in [0.05, 0.1) is 18.6 Å². The van der Waals surface area contributed by atoms with Crippen molar-refractivity contribution in [1.82, 2.24) is 9.21 Å². The minimum atomic E-state index is -3.61. The second-order valence-electron chi connectivity index (χ2n) is 8.49. The Kier molecular flexibility index (Phi) is 7.00. The highest BCUT2D eigenvalue weighted by Gasteiger charge is 2.50. The third-order valence-electron chi connectivity index (χ3n) is 6.71. The van der Waals surface area contributed by atoms with E-state index in [2.05, 4.69) is 35.2 Å². The highest BCUT2D eigenvalue weighted by Crippen LogP contribution is 2.42. The monoisotopic (exact) mass is 456 g/mol. The third-order valence-corrected chi connectivity index (χ3v) is 8.59. The van der Waals surface area contributed by atoms with Gasteiger partial charge in [-0.2, -0.15) is 4.31 Å². The molecule has 0 unspecified atom stereocenters. The molecular formula is C25H32N2O4S. The van der Waals surface area contributed by atoms with Crippen molar-refractivity contribution in [3.05, 3.63) is 65.7 Å². The molecule has 2 heterocycles. The minimum absolute atomic E-state index is 0.0243. The van der Waals surface area contributed by atoms with Crippen molar-refractivity contribution in [3.63, 3.8) is 0 Å². The van der Waals surface area contributed by atoms with Gasteiger partial charge in [0, 0.05) is 31.1 Å². The van der Waals surface area contributed by atoms with Crippen molar-refractivity contribution < 1.29 is 18.3 Å². The van der Waals surface area contributed by atoms with E-state index >= 15 is 0 Å². The van der Waals surface area contributed by atoms with Gasteiger partial charge in [0.25, 0.3) is 0 Å². The lowest BCUT2D eigenvalue weighted by Crippen LogP contribution is -2.67. The molecule has 0 aliphatic carbocycles. The summed E-state index contributed by atoms with van der Waals surface area (Å²) in [5.41, 5.74) is 2.29. The predicted molar refractivity (Wildman–Crippen MR) is 126 cm³/mol. The van der Waals surface area contributed by atoms with Crippen LogP contribution in [0.2, 0.25) is 0 Å².